The van der Waals surface area contributed by atoms with Gasteiger partial charge in [-0.15, -0.1) is 0 Å². The van der Waals surface area contributed by atoms with E-state index in [4.69, 9.17) is 0 Å². The first kappa shape index (κ1) is 17.8. The summed E-state index contributed by atoms with van der Waals surface area (Å²) in [6.45, 7) is 0. The molecule has 8 aliphatic carbocycles. The van der Waals surface area contributed by atoms with Crippen LogP contribution in [0.4, 0.5) is 0 Å². The van der Waals surface area contributed by atoms with Gasteiger partial charge in [-0.05, 0) is 140 Å². The van der Waals surface area contributed by atoms with Gasteiger partial charge in [-0.3, -0.25) is 0 Å². The first-order chi connectivity index (χ1) is 14.0. The lowest BCUT2D eigenvalue weighted by Gasteiger charge is -2.61. The van der Waals surface area contributed by atoms with Crippen LogP contribution in [0.5, 0.6) is 0 Å². The molecular weight excluding hydrogens is 355 g/mol. The highest BCUT2D eigenvalue weighted by Gasteiger charge is 2.57. The van der Waals surface area contributed by atoms with Gasteiger partial charge in [0.25, 0.3) is 0 Å². The highest BCUT2D eigenvalue weighted by molar-refractivity contribution is 6.59. The molecule has 0 amide bonds. The second-order valence-electron chi connectivity index (χ2n) is 12.5. The first-order valence-electron chi connectivity index (χ1n) is 12.5. The molecule has 8 saturated carbocycles. The van der Waals surface area contributed by atoms with Crippen molar-refractivity contribution >= 4 is 12.6 Å². The first-order valence-corrected chi connectivity index (χ1v) is 12.5. The predicted octanol–water partition coefficient (Wildman–Crippen LogP) is 4.30. The van der Waals surface area contributed by atoms with Crippen LogP contribution in [0.15, 0.2) is 18.2 Å². The zero-order valence-electron chi connectivity index (χ0n) is 17.7. The van der Waals surface area contributed by atoms with Gasteiger partial charge in [0.1, 0.15) is 0 Å². The molecule has 0 heterocycles. The largest absolute Gasteiger partial charge is 0.488 e. The molecule has 0 atom stereocenters. The lowest BCUT2D eigenvalue weighted by Crippen LogP contribution is -2.55. The number of hydrogen-bond donors (Lipinski definition) is 2. The summed E-state index contributed by atoms with van der Waals surface area (Å²) in [6, 6.07) is 6.63. The molecule has 3 heteroatoms. The van der Waals surface area contributed by atoms with Gasteiger partial charge in [-0.2, -0.15) is 0 Å². The van der Waals surface area contributed by atoms with Crippen molar-refractivity contribution in [1.82, 2.24) is 0 Å². The SMILES string of the molecule is OB(O)c1cccc(C23CC4CC(CC(C4)C2)C3)c1C12CC3CC(CC(C3)C1)C2. The van der Waals surface area contributed by atoms with Gasteiger partial charge in [0, 0.05) is 0 Å². The Morgan fingerprint density at radius 2 is 1.03 bits per heavy atom. The van der Waals surface area contributed by atoms with Crippen molar-refractivity contribution in [2.75, 3.05) is 0 Å². The fraction of sp³-hybridized carbons (Fsp3) is 0.769. The van der Waals surface area contributed by atoms with Crippen LogP contribution >= 0.6 is 0 Å². The van der Waals surface area contributed by atoms with E-state index in [0.717, 1.165) is 41.0 Å². The van der Waals surface area contributed by atoms with Crippen LogP contribution in [0.3, 0.4) is 0 Å². The third-order valence-electron chi connectivity index (χ3n) is 10.6. The van der Waals surface area contributed by atoms with Crippen LogP contribution < -0.4 is 5.46 Å². The van der Waals surface area contributed by atoms with Crippen LogP contribution in [0.25, 0.3) is 0 Å². The Labute approximate surface area is 175 Å². The molecule has 1 aromatic rings. The molecule has 2 N–H and O–H groups in total. The number of rotatable bonds is 3. The van der Waals surface area contributed by atoms with E-state index < -0.39 is 7.12 Å². The Hall–Kier alpha value is -0.795. The normalized spacial score (nSPS) is 49.0. The van der Waals surface area contributed by atoms with E-state index in [1.165, 1.54) is 82.6 Å². The van der Waals surface area contributed by atoms with Gasteiger partial charge in [0.2, 0.25) is 0 Å². The molecule has 0 unspecified atom stereocenters. The summed E-state index contributed by atoms with van der Waals surface area (Å²) in [7, 11) is -1.33. The molecule has 154 valence electrons. The summed E-state index contributed by atoms with van der Waals surface area (Å²) in [5, 5.41) is 20.9. The minimum absolute atomic E-state index is 0.230. The average Bonchev–Trinajstić information content (AvgIpc) is 2.65. The molecule has 8 bridgehead atoms. The second kappa shape index (κ2) is 5.91. The molecule has 9 rings (SSSR count). The van der Waals surface area contributed by atoms with Crippen LogP contribution in [-0.4, -0.2) is 17.2 Å². The molecule has 0 aliphatic heterocycles. The fourth-order valence-corrected chi connectivity index (χ4v) is 10.7. The molecule has 0 saturated heterocycles. The van der Waals surface area contributed by atoms with Crippen LogP contribution in [0, 0.1) is 35.5 Å². The van der Waals surface area contributed by atoms with Crippen molar-refractivity contribution in [2.45, 2.75) is 87.9 Å². The van der Waals surface area contributed by atoms with Crippen molar-refractivity contribution in [3.63, 3.8) is 0 Å². The highest BCUT2D eigenvalue weighted by atomic mass is 16.4. The highest BCUT2D eigenvalue weighted by Crippen LogP contribution is 2.65. The Bertz CT molecular complexity index is 773. The lowest BCUT2D eigenvalue weighted by atomic mass is 9.43. The Balaban J connectivity index is 1.42. The second-order valence-corrected chi connectivity index (χ2v) is 12.5. The summed E-state index contributed by atoms with van der Waals surface area (Å²) in [4.78, 5) is 0. The third kappa shape index (κ3) is 2.50. The predicted molar refractivity (Wildman–Crippen MR) is 116 cm³/mol. The van der Waals surface area contributed by atoms with Crippen molar-refractivity contribution in [3.8, 4) is 0 Å². The minimum atomic E-state index is -1.33. The van der Waals surface area contributed by atoms with E-state index in [1.54, 1.807) is 5.56 Å². The molecule has 0 spiro atoms. The summed E-state index contributed by atoms with van der Waals surface area (Å²) in [5.74, 6) is 5.42. The van der Waals surface area contributed by atoms with E-state index >= 15 is 0 Å². The van der Waals surface area contributed by atoms with Crippen LogP contribution in [0.2, 0.25) is 0 Å². The van der Waals surface area contributed by atoms with E-state index in [-0.39, 0.29) is 5.41 Å². The van der Waals surface area contributed by atoms with Gasteiger partial charge in [0.05, 0.1) is 0 Å². The molecule has 2 nitrogen and oxygen atoms in total. The quantitative estimate of drug-likeness (QED) is 0.756. The van der Waals surface area contributed by atoms with Gasteiger partial charge in [-0.25, -0.2) is 0 Å². The molecule has 29 heavy (non-hydrogen) atoms. The van der Waals surface area contributed by atoms with Crippen molar-refractivity contribution in [3.05, 3.63) is 29.3 Å². The van der Waals surface area contributed by atoms with Crippen molar-refractivity contribution in [2.24, 2.45) is 35.5 Å². The Morgan fingerprint density at radius 1 is 0.621 bits per heavy atom. The lowest BCUT2D eigenvalue weighted by molar-refractivity contribution is -0.0171. The summed E-state index contributed by atoms with van der Waals surface area (Å²) in [6.07, 6.45) is 16.7. The van der Waals surface area contributed by atoms with Crippen molar-refractivity contribution in [1.29, 1.82) is 0 Å². The third-order valence-corrected chi connectivity index (χ3v) is 10.6. The van der Waals surface area contributed by atoms with Crippen LogP contribution in [0.1, 0.15) is 88.2 Å². The summed E-state index contributed by atoms with van der Waals surface area (Å²) in [5.41, 5.74) is 4.44. The smallest absolute Gasteiger partial charge is 0.423 e. The molecule has 8 fully saturated rings. The maximum absolute atomic E-state index is 10.5. The summed E-state index contributed by atoms with van der Waals surface area (Å²) >= 11 is 0. The molecule has 1 aromatic carbocycles. The van der Waals surface area contributed by atoms with Crippen LogP contribution in [-0.2, 0) is 10.8 Å². The molecule has 0 aromatic heterocycles. The zero-order chi connectivity index (χ0) is 19.4. The fourth-order valence-electron chi connectivity index (χ4n) is 10.7. The van der Waals surface area contributed by atoms with Gasteiger partial charge >= 0.3 is 7.12 Å². The summed E-state index contributed by atoms with van der Waals surface area (Å²) < 4.78 is 0. The van der Waals surface area contributed by atoms with E-state index in [1.807, 2.05) is 6.07 Å². The monoisotopic (exact) mass is 390 g/mol. The number of hydrogen-bond acceptors (Lipinski definition) is 2. The Kier molecular flexibility index (Phi) is 3.64. The van der Waals surface area contributed by atoms with E-state index in [2.05, 4.69) is 12.1 Å². The molecule has 0 radical (unpaired) electrons. The van der Waals surface area contributed by atoms with Crippen molar-refractivity contribution < 1.29 is 10.0 Å². The average molecular weight is 390 g/mol. The maximum atomic E-state index is 10.5. The maximum Gasteiger partial charge on any atom is 0.488 e. The Morgan fingerprint density at radius 3 is 1.45 bits per heavy atom. The van der Waals surface area contributed by atoms with E-state index in [0.29, 0.717) is 5.41 Å². The standard InChI is InChI=1S/C26H35BO2/c28-27(29)23-3-1-2-22(25-10-16-4-17(11-25)6-18(5-16)12-25)24(23)26-13-19-7-20(14-26)9-21(8-19)15-26/h1-3,16-21,28-29H,4-15H2. The molecule has 8 aliphatic rings. The zero-order valence-corrected chi connectivity index (χ0v) is 17.7. The minimum Gasteiger partial charge on any atom is -0.423 e. The van der Waals surface area contributed by atoms with Gasteiger partial charge < -0.3 is 10.0 Å². The van der Waals surface area contributed by atoms with Gasteiger partial charge in [-0.1, -0.05) is 18.2 Å². The topological polar surface area (TPSA) is 40.5 Å². The molecular formula is C26H35BO2. The van der Waals surface area contributed by atoms with E-state index in [9.17, 15) is 10.0 Å². The number of benzene rings is 1. The van der Waals surface area contributed by atoms with Gasteiger partial charge in [0.15, 0.2) is 0 Å².